The summed E-state index contributed by atoms with van der Waals surface area (Å²) < 4.78 is 0. The molecular weight excluding hydrogens is 233 g/mol. The van der Waals surface area contributed by atoms with E-state index in [2.05, 4.69) is 0 Å². The van der Waals surface area contributed by atoms with Crippen LogP contribution in [0.4, 0.5) is 0 Å². The summed E-state index contributed by atoms with van der Waals surface area (Å²) in [5.74, 6) is 0. The first-order valence-electron chi connectivity index (χ1n) is 2.40. The molecule has 0 bridgehead atoms. The van der Waals surface area contributed by atoms with Gasteiger partial charge in [-0.1, -0.05) is 0 Å². The summed E-state index contributed by atoms with van der Waals surface area (Å²) in [6.07, 6.45) is -2.94. The fraction of sp³-hybridized carbons (Fsp3) is 1.00. The SMILES string of the molecule is ClCCl.O=[N+]([O-])C([N+](=O)[O-])[N+](=O)[O-]. The van der Waals surface area contributed by atoms with Crippen molar-refractivity contribution in [1.29, 1.82) is 0 Å². The first kappa shape index (κ1) is 14.3. The monoisotopic (exact) mass is 235 g/mol. The van der Waals surface area contributed by atoms with Crippen LogP contribution in [0.2, 0.25) is 0 Å². The van der Waals surface area contributed by atoms with Crippen LogP contribution in [-0.2, 0) is 0 Å². The molecule has 0 aliphatic heterocycles. The van der Waals surface area contributed by atoms with Crippen LogP contribution in [0.25, 0.3) is 0 Å². The van der Waals surface area contributed by atoms with Crippen LogP contribution in [-0.4, -0.2) is 26.4 Å². The highest BCUT2D eigenvalue weighted by atomic mass is 35.5. The van der Waals surface area contributed by atoms with Crippen molar-refractivity contribution < 1.29 is 14.8 Å². The Morgan fingerprint density at radius 2 is 1.08 bits per heavy atom. The summed E-state index contributed by atoms with van der Waals surface area (Å²) in [7, 11) is 0. The number of nitrogens with zero attached hydrogens (tertiary/aromatic N) is 3. The Kier molecular flexibility index (Phi) is 8.18. The van der Waals surface area contributed by atoms with E-state index >= 15 is 0 Å². The highest BCUT2D eigenvalue weighted by Crippen LogP contribution is 1.90. The second kappa shape index (κ2) is 7.43. The summed E-state index contributed by atoms with van der Waals surface area (Å²) in [6, 6.07) is 0. The second-order valence-corrected chi connectivity index (χ2v) is 2.11. The molecule has 0 aromatic carbocycles. The minimum atomic E-state index is -2.94. The molecule has 0 rings (SSSR count). The molecule has 9 nitrogen and oxygen atoms in total. The Labute approximate surface area is 80.7 Å². The quantitative estimate of drug-likeness (QED) is 0.304. The zero-order valence-electron chi connectivity index (χ0n) is 5.83. The Morgan fingerprint density at radius 3 is 1.08 bits per heavy atom. The molecule has 0 atom stereocenters. The molecule has 0 saturated carbocycles. The molecule has 0 N–H and O–H groups in total. The normalized spacial score (nSPS) is 8.54. The lowest BCUT2D eigenvalue weighted by atomic mass is 10.9. The topological polar surface area (TPSA) is 129 Å². The molecule has 0 radical (unpaired) electrons. The van der Waals surface area contributed by atoms with Crippen molar-refractivity contribution in [3.63, 3.8) is 0 Å². The third-order valence-electron chi connectivity index (χ3n) is 0.566. The summed E-state index contributed by atoms with van der Waals surface area (Å²) in [5.41, 5.74) is 0. The molecule has 0 aromatic rings. The van der Waals surface area contributed by atoms with E-state index in [1.165, 1.54) is 0 Å². The number of hydrogen-bond acceptors (Lipinski definition) is 6. The Hall–Kier alpha value is -1.22. The predicted octanol–water partition coefficient (Wildman–Crippen LogP) is 0.522. The van der Waals surface area contributed by atoms with E-state index in [1.807, 2.05) is 0 Å². The van der Waals surface area contributed by atoms with Crippen molar-refractivity contribution in [1.82, 2.24) is 0 Å². The molecule has 0 spiro atoms. The van der Waals surface area contributed by atoms with Gasteiger partial charge in [-0.2, -0.15) is 0 Å². The van der Waals surface area contributed by atoms with Crippen molar-refractivity contribution in [3.8, 4) is 0 Å². The van der Waals surface area contributed by atoms with Gasteiger partial charge in [-0.25, -0.2) is 0 Å². The Balaban J connectivity index is 0. The van der Waals surface area contributed by atoms with E-state index in [9.17, 15) is 30.3 Å². The van der Waals surface area contributed by atoms with Crippen LogP contribution in [0.3, 0.4) is 0 Å². The largest absolute Gasteiger partial charge is 0.693 e. The van der Waals surface area contributed by atoms with Crippen molar-refractivity contribution in [2.75, 3.05) is 5.34 Å². The molecule has 13 heavy (non-hydrogen) atoms. The summed E-state index contributed by atoms with van der Waals surface area (Å²) in [6.45, 7) is 0. The molecule has 0 aliphatic carbocycles. The maximum absolute atomic E-state index is 9.50. The van der Waals surface area contributed by atoms with Gasteiger partial charge in [-0.3, -0.25) is 30.3 Å². The standard InChI is InChI=1S/CH2Cl2.CHN3O6/c2-1-3;5-2(6)1(3(7)8)4(9)10/h1H2;1H. The summed E-state index contributed by atoms with van der Waals surface area (Å²) in [4.78, 5) is 23.8. The lowest BCUT2D eigenvalue weighted by molar-refractivity contribution is -0.912. The molecule has 0 fully saturated rings. The van der Waals surface area contributed by atoms with Crippen LogP contribution >= 0.6 is 23.2 Å². The van der Waals surface area contributed by atoms with Crippen LogP contribution < -0.4 is 0 Å². The van der Waals surface area contributed by atoms with Gasteiger partial charge in [0.05, 0.1) is 5.34 Å². The number of hydrogen-bond donors (Lipinski definition) is 0. The molecule has 0 heterocycles. The van der Waals surface area contributed by atoms with E-state index in [0.29, 0.717) is 0 Å². The van der Waals surface area contributed by atoms with Crippen molar-refractivity contribution in [2.24, 2.45) is 0 Å². The highest BCUT2D eigenvalue weighted by molar-refractivity contribution is 6.40. The third kappa shape index (κ3) is 7.15. The average molecular weight is 236 g/mol. The predicted molar refractivity (Wildman–Crippen MR) is 41.3 cm³/mol. The lowest BCUT2D eigenvalue weighted by Gasteiger charge is -1.90. The number of alkyl halides is 2. The zero-order valence-corrected chi connectivity index (χ0v) is 7.34. The molecule has 0 aliphatic rings. The van der Waals surface area contributed by atoms with E-state index in [4.69, 9.17) is 23.2 Å². The molecular formula is C2H3Cl2N3O6. The number of halogens is 2. The van der Waals surface area contributed by atoms with Crippen LogP contribution in [0.5, 0.6) is 0 Å². The number of nitro groups is 3. The molecule has 0 unspecified atom stereocenters. The fourth-order valence-corrected chi connectivity index (χ4v) is 0.231. The summed E-state index contributed by atoms with van der Waals surface area (Å²) >= 11 is 9.53. The highest BCUT2D eigenvalue weighted by Gasteiger charge is 2.45. The fourth-order valence-electron chi connectivity index (χ4n) is 0.231. The van der Waals surface area contributed by atoms with Gasteiger partial charge in [0.25, 0.3) is 0 Å². The van der Waals surface area contributed by atoms with Gasteiger partial charge in [-0.15, -0.1) is 23.2 Å². The smallest absolute Gasteiger partial charge is 0.253 e. The number of rotatable bonds is 3. The first-order valence-corrected chi connectivity index (χ1v) is 3.47. The Morgan fingerprint density at radius 1 is 0.923 bits per heavy atom. The van der Waals surface area contributed by atoms with Gasteiger partial charge in [0.15, 0.2) is 14.8 Å². The van der Waals surface area contributed by atoms with Gasteiger partial charge in [0, 0.05) is 0 Å². The molecule has 76 valence electrons. The average Bonchev–Trinajstić information content (AvgIpc) is 1.84. The third-order valence-corrected chi connectivity index (χ3v) is 0.566. The maximum atomic E-state index is 9.50. The van der Waals surface area contributed by atoms with Gasteiger partial charge in [-0.05, 0) is 0 Å². The first-order chi connectivity index (χ1) is 5.88. The van der Waals surface area contributed by atoms with Gasteiger partial charge in [0.2, 0.25) is 0 Å². The van der Waals surface area contributed by atoms with E-state index < -0.39 is 21.1 Å². The molecule has 0 saturated heterocycles. The van der Waals surface area contributed by atoms with Crippen molar-refractivity contribution >= 4 is 23.2 Å². The second-order valence-electron chi connectivity index (χ2n) is 1.30. The molecule has 0 amide bonds. The van der Waals surface area contributed by atoms with Gasteiger partial charge in [0.1, 0.15) is 0 Å². The lowest BCUT2D eigenvalue weighted by Crippen LogP contribution is -2.36. The minimum Gasteiger partial charge on any atom is -0.253 e. The van der Waals surface area contributed by atoms with E-state index in [1.54, 1.807) is 0 Å². The van der Waals surface area contributed by atoms with Crippen molar-refractivity contribution in [2.45, 2.75) is 6.29 Å². The van der Waals surface area contributed by atoms with E-state index in [0.717, 1.165) is 0 Å². The Bertz CT molecular complexity index is 175. The van der Waals surface area contributed by atoms with Crippen LogP contribution in [0, 0.1) is 30.3 Å². The van der Waals surface area contributed by atoms with Crippen molar-refractivity contribution in [3.05, 3.63) is 30.3 Å². The van der Waals surface area contributed by atoms with Crippen LogP contribution in [0.1, 0.15) is 0 Å². The zero-order chi connectivity index (χ0) is 11.0. The van der Waals surface area contributed by atoms with Gasteiger partial charge < -0.3 is 0 Å². The molecule has 11 heteroatoms. The molecule has 0 aromatic heterocycles. The van der Waals surface area contributed by atoms with Gasteiger partial charge >= 0.3 is 6.29 Å². The minimum absolute atomic E-state index is 0.194. The van der Waals surface area contributed by atoms with Crippen LogP contribution in [0.15, 0.2) is 0 Å². The summed E-state index contributed by atoms with van der Waals surface area (Å²) in [5, 5.41) is 28.7. The van der Waals surface area contributed by atoms with E-state index in [-0.39, 0.29) is 5.34 Å². The maximum Gasteiger partial charge on any atom is 0.693 e.